The summed E-state index contributed by atoms with van der Waals surface area (Å²) in [5.41, 5.74) is 1.20. The maximum atomic E-state index is 13.1. The Morgan fingerprint density at radius 1 is 1.13 bits per heavy atom. The summed E-state index contributed by atoms with van der Waals surface area (Å²) in [7, 11) is 1.48. The molecule has 2 fully saturated rings. The molecule has 1 unspecified atom stereocenters. The number of aliphatic hydroxyl groups excluding tert-OH is 1. The molecule has 2 aliphatic rings. The van der Waals surface area contributed by atoms with Crippen molar-refractivity contribution in [2.24, 2.45) is 0 Å². The quantitative estimate of drug-likeness (QED) is 0.442. The summed E-state index contributed by atoms with van der Waals surface area (Å²) in [6.45, 7) is 0. The molecule has 1 saturated carbocycles. The fourth-order valence-corrected chi connectivity index (χ4v) is 4.62. The van der Waals surface area contributed by atoms with Gasteiger partial charge >= 0.3 is 0 Å². The first-order chi connectivity index (χ1) is 14.5. The molecular weight excluding hydrogens is 404 g/mol. The summed E-state index contributed by atoms with van der Waals surface area (Å²) in [6, 6.07) is 7.64. The molecule has 0 bridgehead atoms. The summed E-state index contributed by atoms with van der Waals surface area (Å²) in [6.07, 6.45) is 8.12. The Kier molecular flexibility index (Phi) is 5.77. The first kappa shape index (κ1) is 20.4. The largest absolute Gasteiger partial charge is 0.507 e. The molecule has 7 heteroatoms. The topological polar surface area (TPSA) is 79.7 Å². The average Bonchev–Trinajstić information content (AvgIpc) is 3.05. The van der Waals surface area contributed by atoms with E-state index in [1.54, 1.807) is 47.6 Å². The Bertz CT molecular complexity index is 1000. The summed E-state index contributed by atoms with van der Waals surface area (Å²) >= 11 is 6.10. The van der Waals surface area contributed by atoms with Crippen LogP contribution in [-0.2, 0) is 9.59 Å². The van der Waals surface area contributed by atoms with E-state index in [9.17, 15) is 14.7 Å². The third-order valence-corrected chi connectivity index (χ3v) is 6.21. The van der Waals surface area contributed by atoms with E-state index in [-0.39, 0.29) is 17.4 Å². The zero-order chi connectivity index (χ0) is 21.3. The molecule has 0 spiro atoms. The average molecular weight is 427 g/mol. The van der Waals surface area contributed by atoms with Gasteiger partial charge in [0, 0.05) is 24.0 Å². The van der Waals surface area contributed by atoms with Gasteiger partial charge in [0.1, 0.15) is 11.5 Å². The molecule has 1 aliphatic carbocycles. The Labute approximate surface area is 180 Å². The number of rotatable bonds is 4. The van der Waals surface area contributed by atoms with Crippen molar-refractivity contribution in [2.75, 3.05) is 7.11 Å². The number of carbonyl (C=O) groups excluding carboxylic acids is 2. The summed E-state index contributed by atoms with van der Waals surface area (Å²) < 4.78 is 5.24. The fraction of sp³-hybridized carbons (Fsp3) is 0.348. The van der Waals surface area contributed by atoms with Gasteiger partial charge in [-0.05, 0) is 48.7 Å². The number of methoxy groups -OCH3 is 1. The van der Waals surface area contributed by atoms with E-state index in [1.807, 2.05) is 0 Å². The molecule has 1 saturated heterocycles. The van der Waals surface area contributed by atoms with Crippen LogP contribution in [0.1, 0.15) is 49.3 Å². The van der Waals surface area contributed by atoms with Gasteiger partial charge in [-0.15, -0.1) is 0 Å². The third kappa shape index (κ3) is 3.56. The number of halogens is 1. The lowest BCUT2D eigenvalue weighted by molar-refractivity contribution is -0.141. The SMILES string of the molecule is COc1cc(/C(O)=C2/C(=O)C(=O)N(C3CCCCC3)C2c2ccncc2)ccc1Cl. The highest BCUT2D eigenvalue weighted by Gasteiger charge is 2.48. The van der Waals surface area contributed by atoms with Crippen LogP contribution in [0.3, 0.4) is 0 Å². The van der Waals surface area contributed by atoms with E-state index >= 15 is 0 Å². The lowest BCUT2D eigenvalue weighted by Gasteiger charge is -2.35. The summed E-state index contributed by atoms with van der Waals surface area (Å²) in [4.78, 5) is 31.9. The molecular formula is C23H23ClN2O4. The maximum Gasteiger partial charge on any atom is 0.295 e. The second-order valence-corrected chi connectivity index (χ2v) is 8.04. The number of carbonyl (C=O) groups is 2. The molecule has 0 radical (unpaired) electrons. The molecule has 1 aromatic carbocycles. The number of Topliss-reactive ketones (excluding diaryl/α,β-unsaturated/α-hetero) is 1. The smallest absolute Gasteiger partial charge is 0.295 e. The highest BCUT2D eigenvalue weighted by atomic mass is 35.5. The van der Waals surface area contributed by atoms with Crippen LogP contribution in [0.5, 0.6) is 5.75 Å². The fourth-order valence-electron chi connectivity index (χ4n) is 4.42. The zero-order valence-electron chi connectivity index (χ0n) is 16.7. The molecule has 2 heterocycles. The highest BCUT2D eigenvalue weighted by Crippen LogP contribution is 2.43. The summed E-state index contributed by atoms with van der Waals surface area (Å²) in [5.74, 6) is -1.09. The number of benzene rings is 1. The highest BCUT2D eigenvalue weighted by molar-refractivity contribution is 6.46. The summed E-state index contributed by atoms with van der Waals surface area (Å²) in [5, 5.41) is 11.5. The van der Waals surface area contributed by atoms with Crippen molar-refractivity contribution < 1.29 is 19.4 Å². The maximum absolute atomic E-state index is 13.1. The van der Waals surface area contributed by atoms with Crippen LogP contribution >= 0.6 is 11.6 Å². The Balaban J connectivity index is 1.87. The van der Waals surface area contributed by atoms with Crippen LogP contribution in [0.2, 0.25) is 5.02 Å². The van der Waals surface area contributed by atoms with E-state index in [4.69, 9.17) is 16.3 Å². The molecule has 1 aromatic heterocycles. The minimum absolute atomic E-state index is 0.0292. The first-order valence-electron chi connectivity index (χ1n) is 10.1. The van der Waals surface area contributed by atoms with E-state index in [0.29, 0.717) is 16.3 Å². The Hall–Kier alpha value is -2.86. The second-order valence-electron chi connectivity index (χ2n) is 7.63. The number of likely N-dealkylation sites (tertiary alicyclic amines) is 1. The van der Waals surface area contributed by atoms with Crippen LogP contribution in [0.15, 0.2) is 48.3 Å². The molecule has 156 valence electrons. The number of pyridine rings is 1. The number of hydrogen-bond donors (Lipinski definition) is 1. The number of aromatic nitrogens is 1. The van der Waals surface area contributed by atoms with Crippen LogP contribution in [0.4, 0.5) is 0 Å². The van der Waals surface area contributed by atoms with Crippen molar-refractivity contribution in [3.63, 3.8) is 0 Å². The van der Waals surface area contributed by atoms with Gasteiger partial charge in [-0.1, -0.05) is 30.9 Å². The Morgan fingerprint density at radius 2 is 1.83 bits per heavy atom. The van der Waals surface area contributed by atoms with Gasteiger partial charge in [-0.3, -0.25) is 14.6 Å². The van der Waals surface area contributed by atoms with Crippen LogP contribution in [0, 0.1) is 0 Å². The third-order valence-electron chi connectivity index (χ3n) is 5.89. The number of ketones is 1. The van der Waals surface area contributed by atoms with Crippen molar-refractivity contribution in [2.45, 2.75) is 44.2 Å². The van der Waals surface area contributed by atoms with Gasteiger partial charge in [0.25, 0.3) is 11.7 Å². The van der Waals surface area contributed by atoms with Gasteiger partial charge in [0.2, 0.25) is 0 Å². The lowest BCUT2D eigenvalue weighted by Crippen LogP contribution is -2.40. The van der Waals surface area contributed by atoms with Crippen molar-refractivity contribution in [3.05, 3.63) is 64.4 Å². The lowest BCUT2D eigenvalue weighted by atomic mass is 9.91. The van der Waals surface area contributed by atoms with Crippen molar-refractivity contribution in [1.82, 2.24) is 9.88 Å². The van der Waals surface area contributed by atoms with Crippen LogP contribution < -0.4 is 4.74 Å². The van der Waals surface area contributed by atoms with E-state index < -0.39 is 17.7 Å². The molecule has 1 atom stereocenters. The molecule has 1 N–H and O–H groups in total. The molecule has 4 rings (SSSR count). The van der Waals surface area contributed by atoms with Gasteiger partial charge < -0.3 is 14.7 Å². The van der Waals surface area contributed by atoms with Crippen molar-refractivity contribution in [3.8, 4) is 5.75 Å². The Morgan fingerprint density at radius 3 is 2.50 bits per heavy atom. The second kappa shape index (κ2) is 8.48. The number of amides is 1. The minimum Gasteiger partial charge on any atom is -0.507 e. The number of hydrogen-bond acceptors (Lipinski definition) is 5. The van der Waals surface area contributed by atoms with Gasteiger partial charge in [0.05, 0.1) is 23.7 Å². The predicted octanol–water partition coefficient (Wildman–Crippen LogP) is 4.50. The van der Waals surface area contributed by atoms with Crippen LogP contribution in [-0.4, -0.2) is 39.8 Å². The minimum atomic E-state index is -0.672. The van der Waals surface area contributed by atoms with Gasteiger partial charge in [-0.25, -0.2) is 0 Å². The number of aliphatic hydroxyl groups is 1. The van der Waals surface area contributed by atoms with E-state index in [1.165, 1.54) is 7.11 Å². The number of ether oxygens (including phenoxy) is 1. The first-order valence-corrected chi connectivity index (χ1v) is 10.4. The molecule has 2 aromatic rings. The molecule has 6 nitrogen and oxygen atoms in total. The van der Waals surface area contributed by atoms with Gasteiger partial charge in [-0.2, -0.15) is 0 Å². The normalized spacial score (nSPS) is 21.8. The van der Waals surface area contributed by atoms with E-state index in [2.05, 4.69) is 4.98 Å². The standard InChI is InChI=1S/C23H23ClN2O4/c1-30-18-13-15(7-8-17(18)24)21(27)19-20(14-9-11-25-12-10-14)26(23(29)22(19)28)16-5-3-2-4-6-16/h7-13,16,20,27H,2-6H2,1H3/b21-19-. The molecule has 30 heavy (non-hydrogen) atoms. The van der Waals surface area contributed by atoms with Gasteiger partial charge in [0.15, 0.2) is 0 Å². The molecule has 1 aliphatic heterocycles. The zero-order valence-corrected chi connectivity index (χ0v) is 17.4. The molecule has 1 amide bonds. The van der Waals surface area contributed by atoms with Crippen molar-refractivity contribution in [1.29, 1.82) is 0 Å². The predicted molar refractivity (Wildman–Crippen MR) is 113 cm³/mol. The number of nitrogens with zero attached hydrogens (tertiary/aromatic N) is 2. The van der Waals surface area contributed by atoms with Crippen molar-refractivity contribution >= 4 is 29.1 Å². The monoisotopic (exact) mass is 426 g/mol. The van der Waals surface area contributed by atoms with E-state index in [0.717, 1.165) is 37.7 Å². The van der Waals surface area contributed by atoms with Crippen LogP contribution in [0.25, 0.3) is 5.76 Å².